The Kier molecular flexibility index (Phi) is 5.53. The van der Waals surface area contributed by atoms with Gasteiger partial charge < -0.3 is 26.9 Å². The van der Waals surface area contributed by atoms with E-state index in [1.807, 2.05) is 25.7 Å². The molecule has 10 nitrogen and oxygen atoms in total. The highest BCUT2D eigenvalue weighted by molar-refractivity contribution is 5.87. The summed E-state index contributed by atoms with van der Waals surface area (Å²) in [5.74, 6) is 13.3. The molecule has 0 aliphatic carbocycles. The molecular formula is C15H29N9O. The van der Waals surface area contributed by atoms with Crippen LogP contribution in [-0.4, -0.2) is 58.7 Å². The van der Waals surface area contributed by atoms with Gasteiger partial charge in [-0.15, -0.1) is 0 Å². The molecule has 8 N–H and O–H groups in total. The quantitative estimate of drug-likeness (QED) is 0.207. The number of aliphatic hydroxyl groups excluding tert-OH is 1. The first kappa shape index (κ1) is 19.0. The standard InChI is InChI=1S/C15H29N9O/c1-15(2,3)14-20-12(19-7-10(22-17)23(4)18)11(16)13(21-14)24-6-5-9(25)8-24/h9,25H,5-8,16-18H2,1-4H3,(H,19,20,21)/b22-10-. The third-order valence-electron chi connectivity index (χ3n) is 4.03. The molecule has 1 aromatic heterocycles. The van der Waals surface area contributed by atoms with E-state index in [-0.39, 0.29) is 18.1 Å². The maximum absolute atomic E-state index is 9.83. The average molecular weight is 351 g/mol. The summed E-state index contributed by atoms with van der Waals surface area (Å²) in [5.41, 5.74) is 6.47. The normalized spacial score (nSPS) is 18.6. The fraction of sp³-hybridized carbons (Fsp3) is 0.667. The van der Waals surface area contributed by atoms with Crippen molar-refractivity contribution in [2.24, 2.45) is 16.8 Å². The number of nitrogen functional groups attached to an aromatic ring is 1. The van der Waals surface area contributed by atoms with Crippen LogP contribution in [0.25, 0.3) is 0 Å². The van der Waals surface area contributed by atoms with Crippen LogP contribution in [0.2, 0.25) is 0 Å². The molecule has 1 atom stereocenters. The predicted octanol–water partition coefficient (Wildman–Crippen LogP) is -0.583. The van der Waals surface area contributed by atoms with Gasteiger partial charge in [0.15, 0.2) is 17.5 Å². The van der Waals surface area contributed by atoms with Gasteiger partial charge in [-0.2, -0.15) is 5.10 Å². The van der Waals surface area contributed by atoms with Crippen molar-refractivity contribution < 1.29 is 5.11 Å². The summed E-state index contributed by atoms with van der Waals surface area (Å²) in [4.78, 5) is 11.2. The number of hydrogen-bond donors (Lipinski definition) is 5. The Bertz CT molecular complexity index is 639. The Labute approximate surface area is 148 Å². The average Bonchev–Trinajstić information content (AvgIpc) is 2.94. The van der Waals surface area contributed by atoms with Crippen molar-refractivity contribution in [1.29, 1.82) is 0 Å². The van der Waals surface area contributed by atoms with Crippen LogP contribution in [0.4, 0.5) is 17.3 Å². The van der Waals surface area contributed by atoms with E-state index in [1.54, 1.807) is 7.05 Å². The minimum Gasteiger partial charge on any atom is -0.393 e. The zero-order chi connectivity index (χ0) is 18.8. The minimum absolute atomic E-state index is 0.257. The van der Waals surface area contributed by atoms with Crippen LogP contribution < -0.4 is 27.6 Å². The molecular weight excluding hydrogens is 322 g/mol. The minimum atomic E-state index is -0.370. The fourth-order valence-corrected chi connectivity index (χ4v) is 2.53. The summed E-state index contributed by atoms with van der Waals surface area (Å²) in [7, 11) is 1.65. The van der Waals surface area contributed by atoms with E-state index in [0.29, 0.717) is 48.5 Å². The molecule has 1 saturated heterocycles. The van der Waals surface area contributed by atoms with E-state index in [0.717, 1.165) is 0 Å². The highest BCUT2D eigenvalue weighted by atomic mass is 16.3. The number of hydrogen-bond acceptors (Lipinski definition) is 9. The largest absolute Gasteiger partial charge is 0.393 e. The fourth-order valence-electron chi connectivity index (χ4n) is 2.53. The molecule has 1 fully saturated rings. The maximum Gasteiger partial charge on any atom is 0.157 e. The molecule has 10 heteroatoms. The number of nitrogens with one attached hydrogen (secondary N) is 1. The van der Waals surface area contributed by atoms with Crippen molar-refractivity contribution in [1.82, 2.24) is 15.0 Å². The molecule has 0 amide bonds. The number of anilines is 3. The number of likely N-dealkylation sites (N-methyl/N-ethyl adjacent to an activating group) is 1. The molecule has 2 rings (SSSR count). The van der Waals surface area contributed by atoms with Crippen LogP contribution in [0.3, 0.4) is 0 Å². The summed E-state index contributed by atoms with van der Waals surface area (Å²) in [6.07, 6.45) is 0.324. The number of amidine groups is 1. The van der Waals surface area contributed by atoms with E-state index in [2.05, 4.69) is 20.4 Å². The third kappa shape index (κ3) is 4.40. The number of hydrazone groups is 1. The molecule has 0 aromatic carbocycles. The van der Waals surface area contributed by atoms with Crippen molar-refractivity contribution in [3.63, 3.8) is 0 Å². The van der Waals surface area contributed by atoms with Gasteiger partial charge in [0.25, 0.3) is 0 Å². The molecule has 2 heterocycles. The van der Waals surface area contributed by atoms with E-state index in [4.69, 9.17) is 17.4 Å². The van der Waals surface area contributed by atoms with Crippen LogP contribution in [-0.2, 0) is 5.41 Å². The zero-order valence-electron chi connectivity index (χ0n) is 15.3. The summed E-state index contributed by atoms with van der Waals surface area (Å²) >= 11 is 0. The number of β-amino-alcohol motifs (C(OH)–C–C–N with tert-alkyl or cyclic N) is 1. The van der Waals surface area contributed by atoms with Gasteiger partial charge in [-0.3, -0.25) is 5.01 Å². The molecule has 140 valence electrons. The summed E-state index contributed by atoms with van der Waals surface area (Å²) in [6.45, 7) is 7.58. The van der Waals surface area contributed by atoms with Crippen LogP contribution in [0.15, 0.2) is 5.10 Å². The number of nitrogens with two attached hydrogens (primary N) is 3. The Balaban J connectivity index is 2.37. The van der Waals surface area contributed by atoms with Crippen molar-refractivity contribution in [3.05, 3.63) is 5.82 Å². The lowest BCUT2D eigenvalue weighted by Gasteiger charge is -2.25. The van der Waals surface area contributed by atoms with Crippen LogP contribution >= 0.6 is 0 Å². The van der Waals surface area contributed by atoms with E-state index >= 15 is 0 Å². The third-order valence-corrected chi connectivity index (χ3v) is 4.03. The summed E-state index contributed by atoms with van der Waals surface area (Å²) in [5, 5.41) is 17.9. The Hall–Kier alpha value is -2.33. The van der Waals surface area contributed by atoms with Gasteiger partial charge in [-0.05, 0) is 6.42 Å². The number of aromatic nitrogens is 2. The molecule has 1 aromatic rings. The van der Waals surface area contributed by atoms with E-state index in [9.17, 15) is 5.11 Å². The number of hydrazine groups is 1. The Morgan fingerprint density at radius 1 is 1.44 bits per heavy atom. The second kappa shape index (κ2) is 7.28. The molecule has 1 unspecified atom stereocenters. The summed E-state index contributed by atoms with van der Waals surface area (Å²) in [6, 6.07) is 0. The molecule has 1 aliphatic rings. The first-order valence-electron chi connectivity index (χ1n) is 8.23. The summed E-state index contributed by atoms with van der Waals surface area (Å²) < 4.78 is 0. The molecule has 0 spiro atoms. The highest BCUT2D eigenvalue weighted by Gasteiger charge is 2.28. The molecule has 0 bridgehead atoms. The lowest BCUT2D eigenvalue weighted by atomic mass is 9.95. The van der Waals surface area contributed by atoms with Crippen LogP contribution in [0.5, 0.6) is 0 Å². The Morgan fingerprint density at radius 3 is 2.60 bits per heavy atom. The van der Waals surface area contributed by atoms with Crippen LogP contribution in [0.1, 0.15) is 33.0 Å². The van der Waals surface area contributed by atoms with Gasteiger partial charge in [0.1, 0.15) is 11.5 Å². The number of nitrogens with zero attached hydrogens (tertiary/aromatic N) is 5. The van der Waals surface area contributed by atoms with Crippen molar-refractivity contribution >= 4 is 23.2 Å². The Morgan fingerprint density at radius 2 is 2.12 bits per heavy atom. The van der Waals surface area contributed by atoms with E-state index in [1.165, 1.54) is 5.01 Å². The molecule has 25 heavy (non-hydrogen) atoms. The lowest BCUT2D eigenvalue weighted by Crippen LogP contribution is -2.38. The number of aliphatic hydroxyl groups is 1. The lowest BCUT2D eigenvalue weighted by molar-refractivity contribution is 0.198. The molecule has 0 saturated carbocycles. The second-order valence-electron chi connectivity index (χ2n) is 7.28. The maximum atomic E-state index is 9.83. The first-order valence-corrected chi connectivity index (χ1v) is 8.23. The zero-order valence-corrected chi connectivity index (χ0v) is 15.3. The topological polar surface area (TPSA) is 155 Å². The monoisotopic (exact) mass is 351 g/mol. The first-order chi connectivity index (χ1) is 11.6. The highest BCUT2D eigenvalue weighted by Crippen LogP contribution is 2.32. The van der Waals surface area contributed by atoms with Gasteiger partial charge in [0, 0.05) is 25.6 Å². The van der Waals surface area contributed by atoms with Crippen molar-refractivity contribution in [2.45, 2.75) is 38.7 Å². The van der Waals surface area contributed by atoms with Gasteiger partial charge >= 0.3 is 0 Å². The second-order valence-corrected chi connectivity index (χ2v) is 7.28. The van der Waals surface area contributed by atoms with Gasteiger partial charge in [-0.1, -0.05) is 20.8 Å². The van der Waals surface area contributed by atoms with Crippen molar-refractivity contribution in [2.75, 3.05) is 42.6 Å². The van der Waals surface area contributed by atoms with Gasteiger partial charge in [0.2, 0.25) is 0 Å². The molecule has 1 aliphatic heterocycles. The smallest absolute Gasteiger partial charge is 0.157 e. The number of rotatable bonds is 4. The predicted molar refractivity (Wildman–Crippen MR) is 100 cm³/mol. The van der Waals surface area contributed by atoms with Crippen LogP contribution in [0, 0.1) is 0 Å². The van der Waals surface area contributed by atoms with Crippen molar-refractivity contribution in [3.8, 4) is 0 Å². The van der Waals surface area contributed by atoms with Gasteiger partial charge in [-0.25, -0.2) is 15.8 Å². The molecule has 0 radical (unpaired) electrons. The van der Waals surface area contributed by atoms with Gasteiger partial charge in [0.05, 0.1) is 12.6 Å². The van der Waals surface area contributed by atoms with E-state index < -0.39 is 0 Å². The SMILES string of the molecule is CN(N)/C(CNc1nc(C(C)(C)C)nc(N2CCC(O)C2)c1N)=N\N.